The molecule has 2 aromatic rings. The lowest BCUT2D eigenvalue weighted by atomic mass is 10.0. The van der Waals surface area contributed by atoms with Crippen LogP contribution in [0.3, 0.4) is 0 Å². The van der Waals surface area contributed by atoms with Crippen molar-refractivity contribution >= 4 is 11.6 Å². The molecular formula is C14H20ClN5. The standard InChI is InChI=1S/C14H20ClN5/c1-8(2)20-14(11(15)7-18-20)13(19-16)12-10(4)5-9(3)6-17-12/h5-8,13,19H,16H2,1-4H3. The average molecular weight is 294 g/mol. The summed E-state index contributed by atoms with van der Waals surface area (Å²) in [6.45, 7) is 8.13. The highest BCUT2D eigenvalue weighted by Crippen LogP contribution is 2.30. The Hall–Kier alpha value is -1.43. The molecule has 108 valence electrons. The molecule has 2 heterocycles. The smallest absolute Gasteiger partial charge is 0.107 e. The third-order valence-electron chi connectivity index (χ3n) is 3.25. The van der Waals surface area contributed by atoms with Gasteiger partial charge < -0.3 is 0 Å². The van der Waals surface area contributed by atoms with Gasteiger partial charge in [0.1, 0.15) is 6.04 Å². The van der Waals surface area contributed by atoms with E-state index in [4.69, 9.17) is 17.4 Å². The number of halogens is 1. The molecule has 0 aliphatic rings. The summed E-state index contributed by atoms with van der Waals surface area (Å²) >= 11 is 6.29. The highest BCUT2D eigenvalue weighted by molar-refractivity contribution is 6.31. The average Bonchev–Trinajstić information content (AvgIpc) is 2.75. The Labute approximate surface area is 124 Å². The zero-order chi connectivity index (χ0) is 14.9. The summed E-state index contributed by atoms with van der Waals surface area (Å²) < 4.78 is 1.87. The van der Waals surface area contributed by atoms with Crippen LogP contribution in [0.1, 0.15) is 48.4 Å². The molecule has 0 aliphatic heterocycles. The van der Waals surface area contributed by atoms with Gasteiger partial charge in [-0.15, -0.1) is 0 Å². The van der Waals surface area contributed by atoms with Crippen molar-refractivity contribution in [1.82, 2.24) is 20.2 Å². The molecule has 0 aromatic carbocycles. The van der Waals surface area contributed by atoms with E-state index in [0.29, 0.717) is 5.02 Å². The first-order valence-electron chi connectivity index (χ1n) is 6.57. The Balaban J connectivity index is 2.55. The first-order chi connectivity index (χ1) is 9.45. The van der Waals surface area contributed by atoms with Crippen molar-refractivity contribution in [3.63, 3.8) is 0 Å². The van der Waals surface area contributed by atoms with Gasteiger partial charge in [0.05, 0.1) is 22.6 Å². The zero-order valence-corrected chi connectivity index (χ0v) is 12.9. The summed E-state index contributed by atoms with van der Waals surface area (Å²) in [5.41, 5.74) is 6.70. The molecule has 2 rings (SSSR count). The fourth-order valence-electron chi connectivity index (χ4n) is 2.35. The van der Waals surface area contributed by atoms with Crippen molar-refractivity contribution in [2.24, 2.45) is 5.84 Å². The Morgan fingerprint density at radius 2 is 2.00 bits per heavy atom. The number of pyridine rings is 1. The second-order valence-electron chi connectivity index (χ2n) is 5.23. The van der Waals surface area contributed by atoms with Crippen LogP contribution in [0.4, 0.5) is 0 Å². The van der Waals surface area contributed by atoms with Crippen LogP contribution in [0.2, 0.25) is 5.02 Å². The van der Waals surface area contributed by atoms with Crippen LogP contribution < -0.4 is 11.3 Å². The van der Waals surface area contributed by atoms with Crippen LogP contribution in [0.15, 0.2) is 18.5 Å². The normalized spacial score (nSPS) is 12.9. The monoisotopic (exact) mass is 293 g/mol. The number of rotatable bonds is 4. The van der Waals surface area contributed by atoms with E-state index in [2.05, 4.69) is 35.4 Å². The summed E-state index contributed by atoms with van der Waals surface area (Å²) in [5, 5.41) is 4.90. The van der Waals surface area contributed by atoms with E-state index in [1.807, 2.05) is 24.7 Å². The third kappa shape index (κ3) is 2.70. The van der Waals surface area contributed by atoms with E-state index >= 15 is 0 Å². The van der Waals surface area contributed by atoms with E-state index in [1.165, 1.54) is 0 Å². The Kier molecular flexibility index (Phi) is 4.42. The maximum Gasteiger partial charge on any atom is 0.107 e. The molecule has 1 atom stereocenters. The quantitative estimate of drug-likeness (QED) is 0.672. The maximum atomic E-state index is 6.29. The lowest BCUT2D eigenvalue weighted by Gasteiger charge is -2.21. The van der Waals surface area contributed by atoms with E-state index in [0.717, 1.165) is 22.5 Å². The first kappa shape index (κ1) is 15.0. The number of hydrogen-bond donors (Lipinski definition) is 2. The Morgan fingerprint density at radius 1 is 1.30 bits per heavy atom. The van der Waals surface area contributed by atoms with Crippen LogP contribution in [0, 0.1) is 13.8 Å². The van der Waals surface area contributed by atoms with Crippen LogP contribution >= 0.6 is 11.6 Å². The van der Waals surface area contributed by atoms with Gasteiger partial charge in [0.25, 0.3) is 0 Å². The summed E-state index contributed by atoms with van der Waals surface area (Å²) in [7, 11) is 0. The van der Waals surface area contributed by atoms with Crippen LogP contribution in [-0.4, -0.2) is 14.8 Å². The van der Waals surface area contributed by atoms with Gasteiger partial charge in [0.2, 0.25) is 0 Å². The second-order valence-corrected chi connectivity index (χ2v) is 5.64. The number of aromatic nitrogens is 3. The SMILES string of the molecule is Cc1cnc(C(NN)c2c(Cl)cnn2C(C)C)c(C)c1. The molecular weight excluding hydrogens is 274 g/mol. The molecule has 0 spiro atoms. The number of nitrogens with one attached hydrogen (secondary N) is 1. The summed E-state index contributed by atoms with van der Waals surface area (Å²) in [6, 6.07) is 1.99. The van der Waals surface area contributed by atoms with Gasteiger partial charge >= 0.3 is 0 Å². The van der Waals surface area contributed by atoms with Crippen molar-refractivity contribution in [3.05, 3.63) is 46.0 Å². The number of hydrogen-bond acceptors (Lipinski definition) is 4. The Morgan fingerprint density at radius 3 is 2.55 bits per heavy atom. The highest BCUT2D eigenvalue weighted by atomic mass is 35.5. The van der Waals surface area contributed by atoms with Gasteiger partial charge in [0, 0.05) is 12.2 Å². The van der Waals surface area contributed by atoms with Crippen LogP contribution in [0.25, 0.3) is 0 Å². The van der Waals surface area contributed by atoms with Crippen molar-refractivity contribution in [2.45, 2.75) is 39.8 Å². The molecule has 2 aromatic heterocycles. The van der Waals surface area contributed by atoms with Crippen molar-refractivity contribution in [2.75, 3.05) is 0 Å². The molecule has 0 radical (unpaired) electrons. The molecule has 0 saturated heterocycles. The van der Waals surface area contributed by atoms with Crippen LogP contribution in [0.5, 0.6) is 0 Å². The van der Waals surface area contributed by atoms with E-state index in [1.54, 1.807) is 6.20 Å². The summed E-state index contributed by atoms with van der Waals surface area (Å²) in [6.07, 6.45) is 3.47. The maximum absolute atomic E-state index is 6.29. The predicted octanol–water partition coefficient (Wildman–Crippen LogP) is 2.68. The van der Waals surface area contributed by atoms with Gasteiger partial charge in [-0.05, 0) is 38.8 Å². The molecule has 5 nitrogen and oxygen atoms in total. The molecule has 0 aliphatic carbocycles. The first-order valence-corrected chi connectivity index (χ1v) is 6.95. The lowest BCUT2D eigenvalue weighted by Crippen LogP contribution is -2.32. The van der Waals surface area contributed by atoms with Crippen molar-refractivity contribution in [1.29, 1.82) is 0 Å². The number of aryl methyl sites for hydroxylation is 2. The number of nitrogens with two attached hydrogens (primary N) is 1. The molecule has 20 heavy (non-hydrogen) atoms. The van der Waals surface area contributed by atoms with Gasteiger partial charge in [-0.3, -0.25) is 15.5 Å². The van der Waals surface area contributed by atoms with Gasteiger partial charge in [0.15, 0.2) is 0 Å². The zero-order valence-electron chi connectivity index (χ0n) is 12.2. The fourth-order valence-corrected chi connectivity index (χ4v) is 2.59. The second kappa shape index (κ2) is 5.91. The minimum absolute atomic E-state index is 0.194. The minimum atomic E-state index is -0.284. The molecule has 6 heteroatoms. The molecule has 0 bridgehead atoms. The molecule has 1 unspecified atom stereocenters. The molecule has 0 saturated carbocycles. The predicted molar refractivity (Wildman–Crippen MR) is 80.5 cm³/mol. The van der Waals surface area contributed by atoms with Gasteiger partial charge in [-0.2, -0.15) is 5.10 Å². The Bertz CT molecular complexity index is 606. The number of nitrogens with zero attached hydrogens (tertiary/aromatic N) is 3. The molecule has 0 amide bonds. The number of hydrazine groups is 1. The molecule has 3 N–H and O–H groups in total. The van der Waals surface area contributed by atoms with E-state index in [9.17, 15) is 0 Å². The summed E-state index contributed by atoms with van der Waals surface area (Å²) in [5.74, 6) is 5.75. The molecule has 0 fully saturated rings. The van der Waals surface area contributed by atoms with Crippen molar-refractivity contribution < 1.29 is 0 Å². The van der Waals surface area contributed by atoms with E-state index < -0.39 is 0 Å². The fraction of sp³-hybridized carbons (Fsp3) is 0.429. The topological polar surface area (TPSA) is 68.8 Å². The van der Waals surface area contributed by atoms with Gasteiger partial charge in [-0.1, -0.05) is 17.7 Å². The third-order valence-corrected chi connectivity index (χ3v) is 3.54. The minimum Gasteiger partial charge on any atom is -0.270 e. The lowest BCUT2D eigenvalue weighted by molar-refractivity contribution is 0.472. The summed E-state index contributed by atoms with van der Waals surface area (Å²) in [4.78, 5) is 4.50. The largest absolute Gasteiger partial charge is 0.270 e. The van der Waals surface area contributed by atoms with E-state index in [-0.39, 0.29) is 12.1 Å². The highest BCUT2D eigenvalue weighted by Gasteiger charge is 2.24. The van der Waals surface area contributed by atoms with Crippen molar-refractivity contribution in [3.8, 4) is 0 Å². The van der Waals surface area contributed by atoms with Crippen LogP contribution in [-0.2, 0) is 0 Å². The van der Waals surface area contributed by atoms with Gasteiger partial charge in [-0.25, -0.2) is 5.43 Å².